The van der Waals surface area contributed by atoms with Gasteiger partial charge >= 0.3 is 5.97 Å². The Morgan fingerprint density at radius 3 is 2.35 bits per heavy atom. The Hall–Kier alpha value is -4.64. The van der Waals surface area contributed by atoms with Crippen LogP contribution in [-0.2, 0) is 4.79 Å². The van der Waals surface area contributed by atoms with E-state index in [0.717, 1.165) is 5.56 Å². The molecular formula is C29H28N2O6. The highest BCUT2D eigenvalue weighted by molar-refractivity contribution is 5.74. The molecule has 0 radical (unpaired) electrons. The summed E-state index contributed by atoms with van der Waals surface area (Å²) in [5.74, 6) is 1.62. The van der Waals surface area contributed by atoms with Crippen LogP contribution in [0, 0.1) is 11.3 Å². The SMILES string of the molecule is COc1ccc(C2C(C#N)=C(N)Oc3cc(OC(=O)COc4ccc(C(C)C)cc4)ccc32)cc1OC. The van der Waals surface area contributed by atoms with Crippen LogP contribution in [0.15, 0.2) is 72.1 Å². The first-order valence-corrected chi connectivity index (χ1v) is 11.7. The van der Waals surface area contributed by atoms with Crippen molar-refractivity contribution < 1.29 is 28.5 Å². The van der Waals surface area contributed by atoms with E-state index in [1.165, 1.54) is 5.56 Å². The molecular weight excluding hydrogens is 472 g/mol. The van der Waals surface area contributed by atoms with Crippen LogP contribution in [0.2, 0.25) is 0 Å². The molecule has 1 heterocycles. The van der Waals surface area contributed by atoms with Gasteiger partial charge in [0.25, 0.3) is 0 Å². The lowest BCUT2D eigenvalue weighted by Gasteiger charge is -2.27. The number of nitrogens with two attached hydrogens (primary N) is 1. The van der Waals surface area contributed by atoms with Crippen LogP contribution in [-0.4, -0.2) is 26.8 Å². The van der Waals surface area contributed by atoms with Gasteiger partial charge in [-0.2, -0.15) is 5.26 Å². The van der Waals surface area contributed by atoms with E-state index in [2.05, 4.69) is 19.9 Å². The van der Waals surface area contributed by atoms with E-state index in [4.69, 9.17) is 29.4 Å². The molecule has 0 saturated carbocycles. The van der Waals surface area contributed by atoms with Gasteiger partial charge in [0.05, 0.1) is 20.1 Å². The van der Waals surface area contributed by atoms with Crippen molar-refractivity contribution in [2.75, 3.05) is 20.8 Å². The number of allylic oxidation sites excluding steroid dienone is 1. The molecule has 1 aliphatic rings. The van der Waals surface area contributed by atoms with E-state index in [0.29, 0.717) is 34.5 Å². The second kappa shape index (κ2) is 11.0. The number of carbonyl (C=O) groups excluding carboxylic acids is 1. The summed E-state index contributed by atoms with van der Waals surface area (Å²) in [6, 6.07) is 20.1. The number of nitrogens with zero attached hydrogens (tertiary/aromatic N) is 1. The molecule has 8 nitrogen and oxygen atoms in total. The second-order valence-corrected chi connectivity index (χ2v) is 8.73. The van der Waals surface area contributed by atoms with Crippen LogP contribution < -0.4 is 29.4 Å². The number of nitriles is 1. The third-order valence-electron chi connectivity index (χ3n) is 6.07. The highest BCUT2D eigenvalue weighted by Crippen LogP contribution is 2.45. The lowest BCUT2D eigenvalue weighted by molar-refractivity contribution is -0.136. The van der Waals surface area contributed by atoms with Gasteiger partial charge in [0.1, 0.15) is 28.9 Å². The van der Waals surface area contributed by atoms with Crippen molar-refractivity contribution in [1.82, 2.24) is 0 Å². The summed E-state index contributed by atoms with van der Waals surface area (Å²) in [5, 5.41) is 9.81. The quantitative estimate of drug-likeness (QED) is 0.338. The maximum atomic E-state index is 12.4. The van der Waals surface area contributed by atoms with Crippen molar-refractivity contribution in [2.24, 2.45) is 5.73 Å². The molecule has 0 saturated heterocycles. The zero-order chi connectivity index (χ0) is 26.5. The Labute approximate surface area is 215 Å². The lowest BCUT2D eigenvalue weighted by atomic mass is 9.83. The molecule has 0 aromatic heterocycles. The average molecular weight is 501 g/mol. The lowest BCUT2D eigenvalue weighted by Crippen LogP contribution is -2.21. The largest absolute Gasteiger partial charge is 0.493 e. The summed E-state index contributed by atoms with van der Waals surface area (Å²) in [7, 11) is 3.09. The molecule has 2 N–H and O–H groups in total. The second-order valence-electron chi connectivity index (χ2n) is 8.73. The van der Waals surface area contributed by atoms with E-state index in [1.54, 1.807) is 44.6 Å². The zero-order valence-electron chi connectivity index (χ0n) is 21.1. The Morgan fingerprint density at radius 2 is 1.70 bits per heavy atom. The number of carbonyl (C=O) groups is 1. The van der Waals surface area contributed by atoms with Crippen LogP contribution in [0.1, 0.15) is 42.4 Å². The van der Waals surface area contributed by atoms with E-state index in [-0.39, 0.29) is 23.8 Å². The molecule has 3 aromatic rings. The molecule has 0 fully saturated rings. The van der Waals surface area contributed by atoms with E-state index in [1.807, 2.05) is 30.3 Å². The number of esters is 1. The van der Waals surface area contributed by atoms with Crippen LogP contribution >= 0.6 is 0 Å². The molecule has 0 bridgehead atoms. The molecule has 3 aromatic carbocycles. The van der Waals surface area contributed by atoms with Gasteiger partial charge < -0.3 is 29.4 Å². The van der Waals surface area contributed by atoms with Crippen molar-refractivity contribution in [2.45, 2.75) is 25.7 Å². The monoisotopic (exact) mass is 500 g/mol. The summed E-state index contributed by atoms with van der Waals surface area (Å²) in [6.45, 7) is 3.96. The number of methoxy groups -OCH3 is 2. The van der Waals surface area contributed by atoms with Crippen molar-refractivity contribution in [3.05, 3.63) is 88.8 Å². The Kier molecular flexibility index (Phi) is 7.54. The van der Waals surface area contributed by atoms with Crippen LogP contribution in [0.5, 0.6) is 28.7 Å². The standard InChI is InChI=1S/C29H28N2O6/c1-17(2)18-5-8-20(9-6-18)35-16-27(32)36-21-10-11-22-25(14-21)37-29(31)23(15-30)28(22)19-7-12-24(33-3)26(13-19)34-4/h5-14,17,28H,16,31H2,1-4H3. The summed E-state index contributed by atoms with van der Waals surface area (Å²) < 4.78 is 27.5. The predicted octanol–water partition coefficient (Wildman–Crippen LogP) is 5.03. The summed E-state index contributed by atoms with van der Waals surface area (Å²) in [4.78, 5) is 12.4. The van der Waals surface area contributed by atoms with E-state index in [9.17, 15) is 10.1 Å². The molecule has 4 rings (SSSR count). The Balaban J connectivity index is 1.53. The summed E-state index contributed by atoms with van der Waals surface area (Å²) in [6.07, 6.45) is 0. The Bertz CT molecular complexity index is 1370. The minimum Gasteiger partial charge on any atom is -0.493 e. The fourth-order valence-electron chi connectivity index (χ4n) is 4.13. The number of benzene rings is 3. The van der Waals surface area contributed by atoms with E-state index < -0.39 is 11.9 Å². The third-order valence-corrected chi connectivity index (χ3v) is 6.07. The molecule has 190 valence electrons. The first kappa shape index (κ1) is 25.5. The van der Waals surface area contributed by atoms with Crippen molar-refractivity contribution in [3.63, 3.8) is 0 Å². The van der Waals surface area contributed by atoms with Gasteiger partial charge in [-0.25, -0.2) is 4.79 Å². The highest BCUT2D eigenvalue weighted by atomic mass is 16.6. The minimum absolute atomic E-state index is 0.0218. The van der Waals surface area contributed by atoms with Gasteiger partial charge in [0, 0.05) is 11.6 Å². The van der Waals surface area contributed by atoms with Gasteiger partial charge in [0.15, 0.2) is 18.1 Å². The zero-order valence-corrected chi connectivity index (χ0v) is 21.1. The molecule has 8 heteroatoms. The van der Waals surface area contributed by atoms with Gasteiger partial charge in [-0.15, -0.1) is 0 Å². The van der Waals surface area contributed by atoms with E-state index >= 15 is 0 Å². The van der Waals surface area contributed by atoms with Crippen LogP contribution in [0.3, 0.4) is 0 Å². The first-order valence-electron chi connectivity index (χ1n) is 11.7. The van der Waals surface area contributed by atoms with Crippen LogP contribution in [0.4, 0.5) is 0 Å². The molecule has 0 amide bonds. The number of hydrogen-bond acceptors (Lipinski definition) is 8. The normalized spacial score (nSPS) is 14.3. The Morgan fingerprint density at radius 1 is 1.00 bits per heavy atom. The molecule has 0 spiro atoms. The van der Waals surface area contributed by atoms with Gasteiger partial charge in [-0.3, -0.25) is 0 Å². The number of hydrogen-bond donors (Lipinski definition) is 1. The average Bonchev–Trinajstić information content (AvgIpc) is 2.90. The predicted molar refractivity (Wildman–Crippen MR) is 137 cm³/mol. The molecule has 1 unspecified atom stereocenters. The first-order chi connectivity index (χ1) is 17.8. The summed E-state index contributed by atoms with van der Waals surface area (Å²) >= 11 is 0. The van der Waals surface area contributed by atoms with Gasteiger partial charge in [0.2, 0.25) is 5.88 Å². The minimum atomic E-state index is -0.568. The maximum absolute atomic E-state index is 12.4. The number of fused-ring (bicyclic) bond motifs is 1. The van der Waals surface area contributed by atoms with Crippen molar-refractivity contribution >= 4 is 5.97 Å². The number of rotatable bonds is 8. The molecule has 1 atom stereocenters. The van der Waals surface area contributed by atoms with Crippen molar-refractivity contribution in [1.29, 1.82) is 5.26 Å². The molecule has 0 aliphatic carbocycles. The number of ether oxygens (including phenoxy) is 5. The molecule has 37 heavy (non-hydrogen) atoms. The molecule has 1 aliphatic heterocycles. The fourth-order valence-corrected chi connectivity index (χ4v) is 4.13. The van der Waals surface area contributed by atoms with Crippen molar-refractivity contribution in [3.8, 4) is 34.8 Å². The fraction of sp³-hybridized carbons (Fsp3) is 0.241. The van der Waals surface area contributed by atoms with Gasteiger partial charge in [-0.05, 0) is 47.4 Å². The highest BCUT2D eigenvalue weighted by Gasteiger charge is 2.31. The maximum Gasteiger partial charge on any atom is 0.349 e. The van der Waals surface area contributed by atoms with Crippen LogP contribution in [0.25, 0.3) is 0 Å². The topological polar surface area (TPSA) is 113 Å². The third kappa shape index (κ3) is 5.46. The van der Waals surface area contributed by atoms with Gasteiger partial charge in [-0.1, -0.05) is 38.1 Å². The smallest absolute Gasteiger partial charge is 0.349 e. The summed E-state index contributed by atoms with van der Waals surface area (Å²) in [5.41, 5.74) is 9.01.